The summed E-state index contributed by atoms with van der Waals surface area (Å²) in [7, 11) is 1.41. The number of Topliss-reactive ketones (excluding diaryl/α,β-unsaturated/α-hetero) is 2. The molecule has 0 spiro atoms. The van der Waals surface area contributed by atoms with E-state index in [2.05, 4.69) is 15.9 Å². The van der Waals surface area contributed by atoms with Crippen molar-refractivity contribution >= 4 is 33.1 Å². The molecule has 0 aliphatic heterocycles. The second kappa shape index (κ2) is 7.66. The average molecular weight is 401 g/mol. The molecule has 4 nitrogen and oxygen atoms in total. The first kappa shape index (κ1) is 17.4. The quantitative estimate of drug-likeness (QED) is 0.536. The van der Waals surface area contributed by atoms with Crippen molar-refractivity contribution in [3.63, 3.8) is 0 Å². The van der Waals surface area contributed by atoms with E-state index in [0.717, 1.165) is 17.5 Å². The molecule has 2 aromatic carbocycles. The van der Waals surface area contributed by atoms with Crippen LogP contribution >= 0.6 is 15.9 Å². The molecule has 0 bridgehead atoms. The van der Waals surface area contributed by atoms with Gasteiger partial charge in [0.15, 0.2) is 11.5 Å². The summed E-state index contributed by atoms with van der Waals surface area (Å²) in [5, 5.41) is 0.880. The van der Waals surface area contributed by atoms with Crippen LogP contribution in [0, 0.1) is 0 Å². The van der Waals surface area contributed by atoms with Crippen LogP contribution < -0.4 is 4.74 Å². The first-order chi connectivity index (χ1) is 12.2. The number of ether oxygens (including phenoxy) is 2. The predicted octanol–water partition coefficient (Wildman–Crippen LogP) is 4.29. The van der Waals surface area contributed by atoms with Crippen molar-refractivity contribution in [3.8, 4) is 5.75 Å². The first-order valence-corrected chi connectivity index (χ1v) is 9.05. The molecular formula is C20H17BrO4. The van der Waals surface area contributed by atoms with Crippen molar-refractivity contribution in [1.82, 2.24) is 0 Å². The van der Waals surface area contributed by atoms with Crippen LogP contribution in [-0.4, -0.2) is 30.6 Å². The van der Waals surface area contributed by atoms with E-state index in [1.165, 1.54) is 7.11 Å². The number of allylic oxidation sites excluding steroid dienone is 2. The van der Waals surface area contributed by atoms with E-state index in [1.54, 1.807) is 48.5 Å². The summed E-state index contributed by atoms with van der Waals surface area (Å²) in [5.41, 5.74) is 1.71. The number of methoxy groups -OCH3 is 1. The van der Waals surface area contributed by atoms with E-state index >= 15 is 0 Å². The number of hydrogen-bond acceptors (Lipinski definition) is 4. The summed E-state index contributed by atoms with van der Waals surface area (Å²) in [5.74, 6) is 0.321. The van der Waals surface area contributed by atoms with Gasteiger partial charge in [-0.3, -0.25) is 9.59 Å². The highest BCUT2D eigenvalue weighted by molar-refractivity contribution is 9.09. The third-order valence-corrected chi connectivity index (χ3v) is 4.53. The van der Waals surface area contributed by atoms with Gasteiger partial charge in [-0.05, 0) is 24.1 Å². The molecule has 1 aliphatic carbocycles. The van der Waals surface area contributed by atoms with Gasteiger partial charge < -0.3 is 9.47 Å². The van der Waals surface area contributed by atoms with Gasteiger partial charge in [0.25, 0.3) is 0 Å². The molecule has 0 atom stereocenters. The van der Waals surface area contributed by atoms with E-state index in [-0.39, 0.29) is 17.3 Å². The van der Waals surface area contributed by atoms with Gasteiger partial charge >= 0.3 is 0 Å². The molecule has 0 fully saturated rings. The largest absolute Gasteiger partial charge is 0.494 e. The summed E-state index contributed by atoms with van der Waals surface area (Å²) < 4.78 is 10.9. The lowest BCUT2D eigenvalue weighted by atomic mass is 9.85. The number of carbonyl (C=O) groups excluding carboxylic acids is 2. The van der Waals surface area contributed by atoms with Gasteiger partial charge in [-0.1, -0.05) is 52.3 Å². The molecule has 0 unspecified atom stereocenters. The molecule has 0 radical (unpaired) electrons. The molecule has 1 aliphatic rings. The van der Waals surface area contributed by atoms with Gasteiger partial charge in [-0.2, -0.15) is 0 Å². The van der Waals surface area contributed by atoms with Crippen LogP contribution in [0.2, 0.25) is 0 Å². The fraction of sp³-hybridized carbons (Fsp3) is 0.200. The fourth-order valence-electron chi connectivity index (χ4n) is 2.77. The Labute approximate surface area is 154 Å². The van der Waals surface area contributed by atoms with Crippen LogP contribution in [0.15, 0.2) is 54.3 Å². The standard InChI is InChI=1S/C20H17BrO4/c1-24-20-17(13-7-9-14(10-8-13)25-12-4-11-21)18(22)15-5-2-3-6-16(15)19(20)23/h2-3,5-10H,4,11-12H2,1H3. The van der Waals surface area contributed by atoms with Crippen molar-refractivity contribution < 1.29 is 19.1 Å². The van der Waals surface area contributed by atoms with Crippen LogP contribution in [0.5, 0.6) is 5.75 Å². The first-order valence-electron chi connectivity index (χ1n) is 7.93. The lowest BCUT2D eigenvalue weighted by Gasteiger charge is -2.20. The lowest BCUT2D eigenvalue weighted by molar-refractivity contribution is 0.0925. The minimum atomic E-state index is -0.273. The number of halogens is 1. The van der Waals surface area contributed by atoms with E-state index in [4.69, 9.17) is 9.47 Å². The van der Waals surface area contributed by atoms with Gasteiger partial charge in [0.2, 0.25) is 5.78 Å². The number of carbonyl (C=O) groups is 2. The zero-order valence-corrected chi connectivity index (χ0v) is 15.3. The third-order valence-electron chi connectivity index (χ3n) is 3.97. The van der Waals surface area contributed by atoms with Crippen molar-refractivity contribution in [2.45, 2.75) is 6.42 Å². The van der Waals surface area contributed by atoms with E-state index in [1.807, 2.05) is 0 Å². The maximum atomic E-state index is 12.9. The molecule has 0 amide bonds. The molecule has 0 heterocycles. The number of alkyl halides is 1. The SMILES string of the molecule is COC1=C(c2ccc(OCCCBr)cc2)C(=O)c2ccccc2C1=O. The monoisotopic (exact) mass is 400 g/mol. The summed E-state index contributed by atoms with van der Waals surface area (Å²) in [6, 6.07) is 13.9. The Kier molecular flexibility index (Phi) is 5.34. The van der Waals surface area contributed by atoms with Crippen molar-refractivity contribution in [3.05, 3.63) is 71.0 Å². The average Bonchev–Trinajstić information content (AvgIpc) is 2.65. The van der Waals surface area contributed by atoms with Crippen molar-refractivity contribution in [2.75, 3.05) is 19.0 Å². The third kappa shape index (κ3) is 3.37. The molecule has 0 saturated heterocycles. The molecule has 0 aromatic heterocycles. The smallest absolute Gasteiger partial charge is 0.229 e. The molecule has 3 rings (SSSR count). The minimum absolute atomic E-state index is 0.0802. The Morgan fingerprint density at radius 3 is 2.16 bits per heavy atom. The maximum absolute atomic E-state index is 12.9. The minimum Gasteiger partial charge on any atom is -0.494 e. The van der Waals surface area contributed by atoms with E-state index < -0.39 is 0 Å². The van der Waals surface area contributed by atoms with E-state index in [9.17, 15) is 9.59 Å². The number of rotatable bonds is 6. The summed E-state index contributed by atoms with van der Waals surface area (Å²) in [6.07, 6.45) is 0.907. The van der Waals surface area contributed by atoms with Crippen LogP contribution in [0.4, 0.5) is 0 Å². The van der Waals surface area contributed by atoms with Crippen LogP contribution in [-0.2, 0) is 4.74 Å². The molecule has 0 saturated carbocycles. The Morgan fingerprint density at radius 2 is 1.56 bits per heavy atom. The zero-order chi connectivity index (χ0) is 17.8. The summed E-state index contributed by atoms with van der Waals surface area (Å²) in [6.45, 7) is 0.613. The van der Waals surface area contributed by atoms with Gasteiger partial charge in [0, 0.05) is 16.5 Å². The lowest BCUT2D eigenvalue weighted by Crippen LogP contribution is -2.22. The number of benzene rings is 2. The van der Waals surface area contributed by atoms with Crippen molar-refractivity contribution in [2.24, 2.45) is 0 Å². The summed E-state index contributed by atoms with van der Waals surface area (Å²) in [4.78, 5) is 25.6. The molecule has 5 heteroatoms. The zero-order valence-electron chi connectivity index (χ0n) is 13.8. The van der Waals surface area contributed by atoms with Crippen LogP contribution in [0.3, 0.4) is 0 Å². The molecule has 128 valence electrons. The second-order valence-electron chi connectivity index (χ2n) is 5.53. The molecule has 25 heavy (non-hydrogen) atoms. The summed E-state index contributed by atoms with van der Waals surface area (Å²) >= 11 is 3.36. The Morgan fingerprint density at radius 1 is 0.920 bits per heavy atom. The number of fused-ring (bicyclic) bond motifs is 1. The molecule has 2 aromatic rings. The Balaban J connectivity index is 1.97. The fourth-order valence-corrected chi connectivity index (χ4v) is 3.00. The molecular weight excluding hydrogens is 384 g/mol. The Bertz CT molecular complexity index is 837. The van der Waals surface area contributed by atoms with Gasteiger partial charge in [-0.15, -0.1) is 0 Å². The normalized spacial score (nSPS) is 13.7. The van der Waals surface area contributed by atoms with Gasteiger partial charge in [0.05, 0.1) is 19.3 Å². The van der Waals surface area contributed by atoms with Crippen molar-refractivity contribution in [1.29, 1.82) is 0 Å². The topological polar surface area (TPSA) is 52.6 Å². The van der Waals surface area contributed by atoms with Crippen LogP contribution in [0.25, 0.3) is 5.57 Å². The highest BCUT2D eigenvalue weighted by Gasteiger charge is 2.33. The van der Waals surface area contributed by atoms with Gasteiger partial charge in [-0.25, -0.2) is 0 Å². The van der Waals surface area contributed by atoms with E-state index in [0.29, 0.717) is 28.9 Å². The predicted molar refractivity (Wildman–Crippen MR) is 99.4 cm³/mol. The van der Waals surface area contributed by atoms with Crippen LogP contribution in [0.1, 0.15) is 32.7 Å². The number of ketones is 2. The maximum Gasteiger partial charge on any atom is 0.229 e. The molecule has 0 N–H and O–H groups in total. The second-order valence-corrected chi connectivity index (χ2v) is 6.32. The number of hydrogen-bond donors (Lipinski definition) is 0. The highest BCUT2D eigenvalue weighted by Crippen LogP contribution is 2.33. The Hall–Kier alpha value is -2.40. The highest BCUT2D eigenvalue weighted by atomic mass is 79.9. The van der Waals surface area contributed by atoms with Gasteiger partial charge in [0.1, 0.15) is 5.75 Å².